The van der Waals surface area contributed by atoms with Gasteiger partial charge in [0.15, 0.2) is 0 Å². The van der Waals surface area contributed by atoms with Crippen molar-refractivity contribution in [3.05, 3.63) is 88.1 Å². The number of benzene rings is 1. The first kappa shape index (κ1) is 21.5. The van der Waals surface area contributed by atoms with Crippen LogP contribution in [0.5, 0.6) is 0 Å². The molecule has 0 aliphatic carbocycles. The quantitative estimate of drug-likeness (QED) is 0.489. The van der Waals surface area contributed by atoms with Gasteiger partial charge in [0.05, 0.1) is 41.3 Å². The third-order valence-electron chi connectivity index (χ3n) is 7.20. The fourth-order valence-electron chi connectivity index (χ4n) is 5.24. The zero-order chi connectivity index (χ0) is 23.9. The lowest BCUT2D eigenvalue weighted by Gasteiger charge is -2.21. The molecule has 0 saturated heterocycles. The molecular formula is C28H27N7. The monoisotopic (exact) mass is 461 g/mol. The molecule has 0 bridgehead atoms. The van der Waals surface area contributed by atoms with E-state index in [0.717, 1.165) is 60.6 Å². The first-order valence-corrected chi connectivity index (χ1v) is 12.1. The lowest BCUT2D eigenvalue weighted by molar-refractivity contribution is 0.633. The largest absolute Gasteiger partial charge is 0.361 e. The van der Waals surface area contributed by atoms with E-state index in [-0.39, 0.29) is 0 Å². The predicted octanol–water partition coefficient (Wildman–Crippen LogP) is 4.26. The van der Waals surface area contributed by atoms with Crippen LogP contribution in [0.25, 0.3) is 16.5 Å². The van der Waals surface area contributed by atoms with Crippen molar-refractivity contribution in [2.45, 2.75) is 39.9 Å². The van der Waals surface area contributed by atoms with Crippen LogP contribution in [0.1, 0.15) is 45.8 Å². The summed E-state index contributed by atoms with van der Waals surface area (Å²) in [5.41, 5.74) is 10.9. The van der Waals surface area contributed by atoms with Crippen molar-refractivity contribution in [2.24, 2.45) is 0 Å². The summed E-state index contributed by atoms with van der Waals surface area (Å²) in [6.45, 7) is 8.47. The highest BCUT2D eigenvalue weighted by atomic mass is 15.3. The number of anilines is 1. The Labute approximate surface area is 204 Å². The lowest BCUT2D eigenvalue weighted by atomic mass is 10.0. The second-order valence-electron chi connectivity index (χ2n) is 9.35. The van der Waals surface area contributed by atoms with Gasteiger partial charge in [-0.25, -0.2) is 0 Å². The normalized spacial score (nSPS) is 15.2. The van der Waals surface area contributed by atoms with E-state index in [1.165, 1.54) is 28.0 Å². The Bertz CT molecular complexity index is 1520. The predicted molar refractivity (Wildman–Crippen MR) is 137 cm³/mol. The number of nitrogens with zero attached hydrogens (tertiary/aromatic N) is 6. The number of aryl methyl sites for hydroxylation is 2. The molecule has 5 heterocycles. The van der Waals surface area contributed by atoms with Gasteiger partial charge in [0.1, 0.15) is 6.07 Å². The van der Waals surface area contributed by atoms with Gasteiger partial charge in [-0.15, -0.1) is 0 Å². The molecule has 3 aromatic heterocycles. The van der Waals surface area contributed by atoms with E-state index in [9.17, 15) is 5.26 Å². The van der Waals surface area contributed by atoms with Crippen LogP contribution in [0.3, 0.4) is 0 Å². The SMILES string of the molecule is Cc1cc(C2=CCNCC2)ncc1Cn1nc(C)c2c1CN(c1ccc(C#N)c3ncccc13)C2. The summed E-state index contributed by atoms with van der Waals surface area (Å²) in [5, 5.41) is 18.8. The van der Waals surface area contributed by atoms with Crippen LogP contribution >= 0.6 is 0 Å². The molecule has 7 nitrogen and oxygen atoms in total. The molecular weight excluding hydrogens is 434 g/mol. The van der Waals surface area contributed by atoms with Gasteiger partial charge in [0.2, 0.25) is 0 Å². The molecule has 0 amide bonds. The van der Waals surface area contributed by atoms with Gasteiger partial charge < -0.3 is 10.2 Å². The topological polar surface area (TPSA) is 82.7 Å². The minimum absolute atomic E-state index is 0.607. The van der Waals surface area contributed by atoms with Crippen LogP contribution in [0.15, 0.2) is 48.8 Å². The van der Waals surface area contributed by atoms with Gasteiger partial charge in [-0.1, -0.05) is 6.08 Å². The first-order valence-electron chi connectivity index (χ1n) is 12.1. The summed E-state index contributed by atoms with van der Waals surface area (Å²) in [4.78, 5) is 11.6. The lowest BCUT2D eigenvalue weighted by Crippen LogP contribution is -2.20. The minimum Gasteiger partial charge on any atom is -0.361 e. The Morgan fingerprint density at radius 2 is 2.06 bits per heavy atom. The molecule has 6 rings (SSSR count). The molecule has 0 spiro atoms. The van der Waals surface area contributed by atoms with Gasteiger partial charge in [0, 0.05) is 42.1 Å². The number of hydrogen-bond donors (Lipinski definition) is 1. The van der Waals surface area contributed by atoms with Crippen molar-refractivity contribution in [3.8, 4) is 6.07 Å². The third-order valence-corrected chi connectivity index (χ3v) is 7.20. The molecule has 4 aromatic rings. The van der Waals surface area contributed by atoms with E-state index in [2.05, 4.69) is 58.0 Å². The molecule has 0 unspecified atom stereocenters. The second-order valence-corrected chi connectivity index (χ2v) is 9.35. The fraction of sp³-hybridized carbons (Fsp3) is 0.286. The number of hydrogen-bond acceptors (Lipinski definition) is 6. The number of pyridine rings is 2. The number of nitrogens with one attached hydrogen (secondary N) is 1. The van der Waals surface area contributed by atoms with Crippen LogP contribution in [0.2, 0.25) is 0 Å². The van der Waals surface area contributed by atoms with Crippen LogP contribution < -0.4 is 10.2 Å². The number of aromatic nitrogens is 4. The van der Waals surface area contributed by atoms with Gasteiger partial charge in [-0.05, 0) is 73.8 Å². The molecule has 35 heavy (non-hydrogen) atoms. The van der Waals surface area contributed by atoms with E-state index in [0.29, 0.717) is 12.1 Å². The summed E-state index contributed by atoms with van der Waals surface area (Å²) < 4.78 is 2.14. The molecule has 1 aromatic carbocycles. The Hall–Kier alpha value is -4.02. The molecule has 0 saturated carbocycles. The summed E-state index contributed by atoms with van der Waals surface area (Å²) in [6.07, 6.45) is 7.03. The standard InChI is InChI=1S/C28H27N7/c1-18-12-25(20-7-10-30-11-8-20)32-14-22(18)15-35-27-17-34(16-24(27)19(2)33-35)26-6-5-21(13-29)28-23(26)4-3-9-31-28/h3-7,9,12,14,30H,8,10-11,15-17H2,1-2H3. The number of rotatable bonds is 4. The van der Waals surface area contributed by atoms with E-state index in [1.54, 1.807) is 6.20 Å². The minimum atomic E-state index is 0.607. The highest BCUT2D eigenvalue weighted by Crippen LogP contribution is 2.35. The molecule has 7 heteroatoms. The van der Waals surface area contributed by atoms with E-state index >= 15 is 0 Å². The van der Waals surface area contributed by atoms with E-state index < -0.39 is 0 Å². The highest BCUT2D eigenvalue weighted by molar-refractivity contribution is 5.95. The van der Waals surface area contributed by atoms with E-state index in [4.69, 9.17) is 10.1 Å². The second kappa shape index (κ2) is 8.64. The van der Waals surface area contributed by atoms with Crippen molar-refractivity contribution in [3.63, 3.8) is 0 Å². The summed E-state index contributed by atoms with van der Waals surface area (Å²) in [5.74, 6) is 0. The average Bonchev–Trinajstić information content (AvgIpc) is 3.45. The van der Waals surface area contributed by atoms with Crippen LogP contribution in [0.4, 0.5) is 5.69 Å². The Kier molecular flexibility index (Phi) is 5.31. The van der Waals surface area contributed by atoms with Gasteiger partial charge in [-0.2, -0.15) is 10.4 Å². The van der Waals surface area contributed by atoms with Crippen molar-refractivity contribution in [2.75, 3.05) is 18.0 Å². The summed E-state index contributed by atoms with van der Waals surface area (Å²) >= 11 is 0. The van der Waals surface area contributed by atoms with Gasteiger partial charge in [-0.3, -0.25) is 14.6 Å². The molecule has 2 aliphatic heterocycles. The fourth-order valence-corrected chi connectivity index (χ4v) is 5.24. The smallest absolute Gasteiger partial charge is 0.101 e. The van der Waals surface area contributed by atoms with E-state index in [1.807, 2.05) is 24.4 Å². The first-order chi connectivity index (χ1) is 17.1. The zero-order valence-electron chi connectivity index (χ0n) is 20.0. The highest BCUT2D eigenvalue weighted by Gasteiger charge is 2.28. The Morgan fingerprint density at radius 3 is 2.86 bits per heavy atom. The van der Waals surface area contributed by atoms with Crippen molar-refractivity contribution >= 4 is 22.2 Å². The van der Waals surface area contributed by atoms with Crippen molar-refractivity contribution in [1.82, 2.24) is 25.1 Å². The maximum Gasteiger partial charge on any atom is 0.101 e. The Balaban J connectivity index is 1.29. The maximum absolute atomic E-state index is 9.50. The molecule has 174 valence electrons. The molecule has 0 radical (unpaired) electrons. The molecule has 1 N–H and O–H groups in total. The zero-order valence-corrected chi connectivity index (χ0v) is 20.0. The average molecular weight is 462 g/mol. The van der Waals surface area contributed by atoms with Gasteiger partial charge in [0.25, 0.3) is 0 Å². The van der Waals surface area contributed by atoms with Crippen LogP contribution in [-0.4, -0.2) is 32.8 Å². The summed E-state index contributed by atoms with van der Waals surface area (Å²) in [6, 6.07) is 12.4. The molecule has 0 fully saturated rings. The van der Waals surface area contributed by atoms with Crippen LogP contribution in [-0.2, 0) is 19.6 Å². The molecule has 2 aliphatic rings. The number of fused-ring (bicyclic) bond motifs is 2. The maximum atomic E-state index is 9.50. The van der Waals surface area contributed by atoms with Crippen molar-refractivity contribution < 1.29 is 0 Å². The third kappa shape index (κ3) is 3.76. The Morgan fingerprint density at radius 1 is 1.14 bits per heavy atom. The number of nitriles is 1. The van der Waals surface area contributed by atoms with Gasteiger partial charge >= 0.3 is 0 Å². The molecule has 0 atom stereocenters. The summed E-state index contributed by atoms with van der Waals surface area (Å²) in [7, 11) is 0. The van der Waals surface area contributed by atoms with Crippen LogP contribution in [0, 0.1) is 25.2 Å². The van der Waals surface area contributed by atoms with Crippen molar-refractivity contribution in [1.29, 1.82) is 5.26 Å².